The standard InChI is InChI=1S/C45H45N7O5/c1-56-39-22-21-33(26-34(39)36-28-47-42(49-36)37-15-9-23-51(37)40(53)25-29-11-5-3-6-12-29)30-17-19-31(20-18-30)35-27-46-43(48-35)38-16-10-24-52(38)44(54)41(50-45(55)57-2)32-13-7-4-8-14-32/h3-8,11-14,17-22,26-28,37-38,41H,9-10,15-16,23-25H2,1-2H3,(H,46,48)(H,47,49)(H,50,55)/t37-,38-,41+/m0/s1. The average Bonchev–Trinajstić information content (AvgIpc) is 4.10. The summed E-state index contributed by atoms with van der Waals surface area (Å²) in [5.41, 5.74) is 7.21. The van der Waals surface area contributed by atoms with Crippen LogP contribution in [0.25, 0.3) is 33.6 Å². The lowest BCUT2D eigenvalue weighted by Crippen LogP contribution is -2.42. The van der Waals surface area contributed by atoms with Gasteiger partial charge in [0, 0.05) is 18.7 Å². The van der Waals surface area contributed by atoms with Gasteiger partial charge in [-0.1, -0.05) is 91.0 Å². The molecule has 8 rings (SSSR count). The lowest BCUT2D eigenvalue weighted by atomic mass is 9.99. The molecule has 4 aromatic carbocycles. The minimum atomic E-state index is -0.881. The number of methoxy groups -OCH3 is 2. The number of H-pyrrole nitrogens is 2. The van der Waals surface area contributed by atoms with Crippen LogP contribution in [0.1, 0.15) is 66.6 Å². The molecule has 2 aliphatic rings. The highest BCUT2D eigenvalue weighted by Crippen LogP contribution is 2.38. The zero-order chi connectivity index (χ0) is 39.3. The van der Waals surface area contributed by atoms with E-state index in [9.17, 15) is 14.4 Å². The van der Waals surface area contributed by atoms with Crippen molar-refractivity contribution in [3.8, 4) is 39.4 Å². The molecule has 6 aromatic rings. The first-order chi connectivity index (χ1) is 27.9. The second-order valence-corrected chi connectivity index (χ2v) is 14.4. The summed E-state index contributed by atoms with van der Waals surface area (Å²) in [5.74, 6) is 2.09. The third kappa shape index (κ3) is 7.88. The van der Waals surface area contributed by atoms with E-state index < -0.39 is 12.1 Å². The number of hydrogen-bond acceptors (Lipinski definition) is 7. The van der Waals surface area contributed by atoms with Gasteiger partial charge >= 0.3 is 6.09 Å². The van der Waals surface area contributed by atoms with Gasteiger partial charge in [0.1, 0.15) is 23.4 Å². The number of hydrogen-bond donors (Lipinski definition) is 3. The molecular formula is C45H45N7O5. The smallest absolute Gasteiger partial charge is 0.407 e. The summed E-state index contributed by atoms with van der Waals surface area (Å²) in [7, 11) is 2.94. The number of carbonyl (C=O) groups excluding carboxylic acids is 3. The first-order valence-electron chi connectivity index (χ1n) is 19.3. The fourth-order valence-corrected chi connectivity index (χ4v) is 8.05. The van der Waals surface area contributed by atoms with Gasteiger partial charge in [-0.2, -0.15) is 0 Å². The van der Waals surface area contributed by atoms with E-state index in [-0.39, 0.29) is 23.9 Å². The molecule has 0 radical (unpaired) electrons. The Kier molecular flexibility index (Phi) is 10.8. The molecule has 12 heteroatoms. The Balaban J connectivity index is 0.978. The molecule has 3 amide bonds. The molecule has 12 nitrogen and oxygen atoms in total. The van der Waals surface area contributed by atoms with Crippen LogP contribution in [-0.2, 0) is 20.7 Å². The van der Waals surface area contributed by atoms with Gasteiger partial charge in [0.05, 0.1) is 56.5 Å². The molecule has 0 saturated carbocycles. The molecule has 2 aliphatic heterocycles. The van der Waals surface area contributed by atoms with Crippen LogP contribution in [0, 0.1) is 0 Å². The molecule has 0 aliphatic carbocycles. The summed E-state index contributed by atoms with van der Waals surface area (Å²) in [6.07, 6.45) is 6.68. The largest absolute Gasteiger partial charge is 0.496 e. The Labute approximate surface area is 331 Å². The second kappa shape index (κ2) is 16.6. The fourth-order valence-electron chi connectivity index (χ4n) is 8.05. The number of rotatable bonds is 11. The molecule has 0 bridgehead atoms. The van der Waals surface area contributed by atoms with Crippen molar-refractivity contribution < 1.29 is 23.9 Å². The Hall–Kier alpha value is -6.69. The Morgan fingerprint density at radius 1 is 0.737 bits per heavy atom. The molecule has 2 fully saturated rings. The molecule has 57 heavy (non-hydrogen) atoms. The molecule has 0 unspecified atom stereocenters. The molecular weight excluding hydrogens is 719 g/mol. The average molecular weight is 764 g/mol. The van der Waals surface area contributed by atoms with Crippen molar-refractivity contribution in [2.75, 3.05) is 27.3 Å². The van der Waals surface area contributed by atoms with Crippen molar-refractivity contribution in [2.45, 2.75) is 50.2 Å². The first kappa shape index (κ1) is 37.2. The normalized spacial score (nSPS) is 17.0. The number of nitrogens with one attached hydrogen (secondary N) is 3. The van der Waals surface area contributed by atoms with E-state index in [1.165, 1.54) is 7.11 Å². The molecule has 290 valence electrons. The zero-order valence-corrected chi connectivity index (χ0v) is 32.0. The number of amides is 3. The molecule has 2 aromatic heterocycles. The maximum atomic E-state index is 13.9. The van der Waals surface area contributed by atoms with E-state index in [0.29, 0.717) is 30.9 Å². The summed E-state index contributed by atoms with van der Waals surface area (Å²) >= 11 is 0. The van der Waals surface area contributed by atoms with Crippen molar-refractivity contribution in [1.82, 2.24) is 35.1 Å². The van der Waals surface area contributed by atoms with Gasteiger partial charge in [-0.15, -0.1) is 0 Å². The number of aromatic amines is 2. The minimum Gasteiger partial charge on any atom is -0.496 e. The number of carbonyl (C=O) groups is 3. The molecule has 3 atom stereocenters. The van der Waals surface area contributed by atoms with Gasteiger partial charge in [0.15, 0.2) is 0 Å². The van der Waals surface area contributed by atoms with E-state index in [1.807, 2.05) is 83.9 Å². The van der Waals surface area contributed by atoms with Crippen LogP contribution < -0.4 is 10.1 Å². The number of benzene rings is 4. The van der Waals surface area contributed by atoms with Crippen LogP contribution in [0.4, 0.5) is 4.79 Å². The highest BCUT2D eigenvalue weighted by Gasteiger charge is 2.37. The number of likely N-dealkylation sites (tertiary alicyclic amines) is 2. The quantitative estimate of drug-likeness (QED) is 0.122. The van der Waals surface area contributed by atoms with Gasteiger partial charge in [0.25, 0.3) is 5.91 Å². The Morgan fingerprint density at radius 3 is 2.02 bits per heavy atom. The van der Waals surface area contributed by atoms with Crippen molar-refractivity contribution in [2.24, 2.45) is 0 Å². The predicted molar refractivity (Wildman–Crippen MR) is 216 cm³/mol. The Bertz CT molecular complexity index is 2340. The number of aromatic nitrogens is 4. The summed E-state index contributed by atoms with van der Waals surface area (Å²) in [6.45, 7) is 1.27. The number of alkyl carbamates (subject to hydrolysis) is 1. The van der Waals surface area contributed by atoms with E-state index in [1.54, 1.807) is 18.2 Å². The maximum absolute atomic E-state index is 13.9. The third-order valence-electron chi connectivity index (χ3n) is 11.0. The van der Waals surface area contributed by atoms with Crippen LogP contribution in [-0.4, -0.2) is 75.0 Å². The van der Waals surface area contributed by atoms with Gasteiger partial charge in [-0.05, 0) is 65.6 Å². The summed E-state index contributed by atoms with van der Waals surface area (Å²) in [4.78, 5) is 59.7. The highest BCUT2D eigenvalue weighted by atomic mass is 16.5. The van der Waals surface area contributed by atoms with Gasteiger partial charge in [0.2, 0.25) is 5.91 Å². The SMILES string of the molecule is COC(=O)N[C@@H](C(=O)N1CCC[C@H]1c1ncc(-c2ccc(-c3ccc(OC)c(-c4cnc([C@@H]5CCCN5C(=O)Cc5ccccc5)[nH]4)c3)cc2)[nH]1)c1ccccc1. The van der Waals surface area contributed by atoms with E-state index in [4.69, 9.17) is 19.4 Å². The number of nitrogens with zero attached hydrogens (tertiary/aromatic N) is 4. The van der Waals surface area contributed by atoms with Gasteiger partial charge in [-0.3, -0.25) is 9.59 Å². The van der Waals surface area contributed by atoms with Crippen molar-refractivity contribution in [3.05, 3.63) is 138 Å². The first-order valence-corrected chi connectivity index (χ1v) is 19.3. The minimum absolute atomic E-state index is 0.105. The van der Waals surface area contributed by atoms with E-state index >= 15 is 0 Å². The maximum Gasteiger partial charge on any atom is 0.407 e. The van der Waals surface area contributed by atoms with Crippen molar-refractivity contribution >= 4 is 17.9 Å². The van der Waals surface area contributed by atoms with Gasteiger partial charge < -0.3 is 34.6 Å². The van der Waals surface area contributed by atoms with E-state index in [0.717, 1.165) is 76.5 Å². The molecule has 0 spiro atoms. The highest BCUT2D eigenvalue weighted by molar-refractivity contribution is 5.87. The summed E-state index contributed by atoms with van der Waals surface area (Å²) in [6, 6.07) is 32.1. The van der Waals surface area contributed by atoms with Crippen molar-refractivity contribution in [3.63, 3.8) is 0 Å². The second-order valence-electron chi connectivity index (χ2n) is 14.4. The lowest BCUT2D eigenvalue weighted by molar-refractivity contribution is -0.134. The van der Waals surface area contributed by atoms with Gasteiger partial charge in [-0.25, -0.2) is 14.8 Å². The van der Waals surface area contributed by atoms with E-state index in [2.05, 4.69) is 45.6 Å². The summed E-state index contributed by atoms with van der Waals surface area (Å²) in [5, 5.41) is 2.72. The third-order valence-corrected chi connectivity index (χ3v) is 11.0. The topological polar surface area (TPSA) is 146 Å². The Morgan fingerprint density at radius 2 is 1.33 bits per heavy atom. The van der Waals surface area contributed by atoms with Crippen LogP contribution in [0.2, 0.25) is 0 Å². The van der Waals surface area contributed by atoms with Crippen LogP contribution in [0.5, 0.6) is 5.75 Å². The lowest BCUT2D eigenvalue weighted by Gasteiger charge is -2.28. The molecule has 4 heterocycles. The number of ether oxygens (including phenoxy) is 2. The predicted octanol–water partition coefficient (Wildman–Crippen LogP) is 7.81. The number of imidazole rings is 2. The van der Waals surface area contributed by atoms with Crippen LogP contribution >= 0.6 is 0 Å². The van der Waals surface area contributed by atoms with Crippen molar-refractivity contribution in [1.29, 1.82) is 0 Å². The molecule has 2 saturated heterocycles. The van der Waals surface area contributed by atoms with Crippen LogP contribution in [0.3, 0.4) is 0 Å². The summed E-state index contributed by atoms with van der Waals surface area (Å²) < 4.78 is 10.6. The zero-order valence-electron chi connectivity index (χ0n) is 32.0. The monoisotopic (exact) mass is 763 g/mol. The van der Waals surface area contributed by atoms with Crippen LogP contribution in [0.15, 0.2) is 116 Å². The fraction of sp³-hybridized carbons (Fsp3) is 0.267. The molecule has 3 N–H and O–H groups in total.